The molecular formula is C35H30ClF2N3O8. The van der Waals surface area contributed by atoms with Gasteiger partial charge in [0.15, 0.2) is 22.9 Å². The first-order valence-corrected chi connectivity index (χ1v) is 15.8. The van der Waals surface area contributed by atoms with E-state index in [0.717, 1.165) is 23.0 Å². The molecule has 11 nitrogen and oxygen atoms in total. The third-order valence-electron chi connectivity index (χ3n) is 8.85. The van der Waals surface area contributed by atoms with Gasteiger partial charge in [-0.2, -0.15) is 5.10 Å². The first-order valence-electron chi connectivity index (χ1n) is 15.5. The molecule has 49 heavy (non-hydrogen) atoms. The minimum absolute atomic E-state index is 0.000428. The van der Waals surface area contributed by atoms with Crippen molar-refractivity contribution < 1.29 is 42.4 Å². The molecule has 1 fully saturated rings. The maximum atomic E-state index is 16.8. The van der Waals surface area contributed by atoms with E-state index in [-0.39, 0.29) is 40.5 Å². The third-order valence-corrected chi connectivity index (χ3v) is 9.22. The molecule has 4 heterocycles. The SMILES string of the molecule is Cn1ncc2c(c1=O)Oc1cc(C(=O)O)c(-c3c(Cl)c(F)cc4c3C[C@](c3ccccc3)([C@@H]3CCCN3C(=O)OC(C)(C)C)O4)c(F)c1O2. The Labute approximate surface area is 283 Å². The van der Waals surface area contributed by atoms with Gasteiger partial charge >= 0.3 is 17.6 Å². The Bertz CT molecular complexity index is 2120. The second-order valence-corrected chi connectivity index (χ2v) is 13.5. The minimum Gasteiger partial charge on any atom is -0.480 e. The summed E-state index contributed by atoms with van der Waals surface area (Å²) in [5, 5.41) is 13.7. The number of ether oxygens (including phenoxy) is 4. The highest BCUT2D eigenvalue weighted by Crippen LogP contribution is 2.55. The van der Waals surface area contributed by atoms with Crippen LogP contribution >= 0.6 is 11.6 Å². The summed E-state index contributed by atoms with van der Waals surface area (Å²) in [6.45, 7) is 5.66. The lowest BCUT2D eigenvalue weighted by Gasteiger charge is -2.40. The number of halogens is 3. The number of carboxylic acids is 1. The lowest BCUT2D eigenvalue weighted by Crippen LogP contribution is -2.53. The molecule has 1 N–H and O–H groups in total. The van der Waals surface area contributed by atoms with E-state index in [9.17, 15) is 19.5 Å². The number of amides is 1. The van der Waals surface area contributed by atoms with Gasteiger partial charge in [-0.1, -0.05) is 41.9 Å². The van der Waals surface area contributed by atoms with E-state index in [0.29, 0.717) is 24.9 Å². The van der Waals surface area contributed by atoms with Gasteiger partial charge in [0.2, 0.25) is 11.5 Å². The Hall–Kier alpha value is -5.17. The standard InChI is InChI=1S/C35H30ClF2N3O8/c1-34(2,3)49-33(45)41-12-8-11-24(41)35(17-9-6-5-7-10-17)15-19-21(48-35)14-20(37)27(36)25(19)26-18(32(43)44)13-22-29(28(26)38)47-23-16-39-40(4)31(42)30(23)46-22/h5-7,9-10,13-14,16,24H,8,11-12,15H2,1-4H3,(H,43,44)/t24-,35-/m0/s1. The van der Waals surface area contributed by atoms with Crippen LogP contribution < -0.4 is 19.8 Å². The molecule has 0 bridgehead atoms. The van der Waals surface area contributed by atoms with Gasteiger partial charge in [-0.25, -0.2) is 23.1 Å². The number of aryl methyl sites for hydroxylation is 1. The molecule has 3 aliphatic rings. The number of hydrogen-bond acceptors (Lipinski definition) is 8. The largest absolute Gasteiger partial charge is 0.480 e. The van der Waals surface area contributed by atoms with Crippen LogP contribution in [-0.2, 0) is 23.8 Å². The molecule has 1 aromatic heterocycles. The van der Waals surface area contributed by atoms with E-state index < -0.39 is 68.4 Å². The van der Waals surface area contributed by atoms with Crippen LogP contribution in [0.2, 0.25) is 5.02 Å². The van der Waals surface area contributed by atoms with Gasteiger partial charge < -0.3 is 29.0 Å². The lowest BCUT2D eigenvalue weighted by atomic mass is 9.79. The molecule has 14 heteroatoms. The van der Waals surface area contributed by atoms with E-state index in [1.165, 1.54) is 7.05 Å². The molecule has 1 saturated heterocycles. The van der Waals surface area contributed by atoms with Gasteiger partial charge in [0.1, 0.15) is 17.2 Å². The Morgan fingerprint density at radius 2 is 1.78 bits per heavy atom. The second kappa shape index (κ2) is 11.5. The van der Waals surface area contributed by atoms with Crippen LogP contribution in [0, 0.1) is 11.6 Å². The van der Waals surface area contributed by atoms with Crippen molar-refractivity contribution in [2.24, 2.45) is 7.05 Å². The second-order valence-electron chi connectivity index (χ2n) is 13.1. The van der Waals surface area contributed by atoms with Gasteiger partial charge in [0, 0.05) is 48.8 Å². The first kappa shape index (κ1) is 32.4. The molecule has 0 spiro atoms. The fourth-order valence-electron chi connectivity index (χ4n) is 6.79. The number of likely N-dealkylation sites (tertiary alicyclic amines) is 1. The van der Waals surface area contributed by atoms with Crippen LogP contribution in [0.1, 0.15) is 55.1 Å². The minimum atomic E-state index is -1.58. The highest BCUT2D eigenvalue weighted by atomic mass is 35.5. The Balaban J connectivity index is 1.42. The van der Waals surface area contributed by atoms with Gasteiger partial charge in [0.25, 0.3) is 0 Å². The topological polar surface area (TPSA) is 129 Å². The normalized spacial score (nSPS) is 19.2. The third kappa shape index (κ3) is 5.23. The fraction of sp³-hybridized carbons (Fsp3) is 0.314. The quantitative estimate of drug-likeness (QED) is 0.208. The summed E-state index contributed by atoms with van der Waals surface area (Å²) in [5.74, 6) is -5.23. The van der Waals surface area contributed by atoms with E-state index in [4.69, 9.17) is 30.5 Å². The summed E-state index contributed by atoms with van der Waals surface area (Å²) in [6, 6.07) is 10.5. The van der Waals surface area contributed by atoms with Crippen LogP contribution in [-0.4, -0.2) is 50.0 Å². The molecule has 7 rings (SSSR count). The van der Waals surface area contributed by atoms with Crippen molar-refractivity contribution in [3.63, 3.8) is 0 Å². The first-order chi connectivity index (χ1) is 23.2. The summed E-state index contributed by atoms with van der Waals surface area (Å²) in [4.78, 5) is 40.4. The number of benzene rings is 3. The smallest absolute Gasteiger partial charge is 0.410 e. The van der Waals surface area contributed by atoms with Gasteiger partial charge in [-0.05, 0) is 39.2 Å². The van der Waals surface area contributed by atoms with Crippen molar-refractivity contribution in [1.82, 2.24) is 14.7 Å². The fourth-order valence-corrected chi connectivity index (χ4v) is 7.06. The Morgan fingerprint density at radius 1 is 1.06 bits per heavy atom. The Kier molecular flexibility index (Phi) is 7.58. The number of aromatic carboxylic acids is 1. The molecule has 4 aromatic rings. The van der Waals surface area contributed by atoms with Crippen LogP contribution in [0.5, 0.6) is 28.7 Å². The van der Waals surface area contributed by atoms with E-state index >= 15 is 8.78 Å². The highest BCUT2D eigenvalue weighted by Gasteiger charge is 2.54. The molecule has 0 saturated carbocycles. The number of aromatic nitrogens is 2. The van der Waals surface area contributed by atoms with Crippen molar-refractivity contribution in [1.29, 1.82) is 0 Å². The number of hydrogen-bond donors (Lipinski definition) is 1. The molecular weight excluding hydrogens is 664 g/mol. The maximum absolute atomic E-state index is 16.8. The molecule has 1 amide bonds. The predicted octanol–water partition coefficient (Wildman–Crippen LogP) is 7.21. The molecule has 0 aliphatic carbocycles. The monoisotopic (exact) mass is 693 g/mol. The number of nitrogens with zero attached hydrogens (tertiary/aromatic N) is 3. The van der Waals surface area contributed by atoms with Crippen LogP contribution in [0.15, 0.2) is 53.5 Å². The van der Waals surface area contributed by atoms with Crippen LogP contribution in [0.4, 0.5) is 13.6 Å². The zero-order chi connectivity index (χ0) is 35.0. The number of fused-ring (bicyclic) bond motifs is 3. The maximum Gasteiger partial charge on any atom is 0.410 e. The summed E-state index contributed by atoms with van der Waals surface area (Å²) in [7, 11) is 1.37. The van der Waals surface area contributed by atoms with Crippen molar-refractivity contribution in [2.45, 2.75) is 57.3 Å². The average Bonchev–Trinajstić information content (AvgIpc) is 3.70. The Morgan fingerprint density at radius 3 is 2.47 bits per heavy atom. The molecule has 2 atom stereocenters. The van der Waals surface area contributed by atoms with Crippen LogP contribution in [0.3, 0.4) is 0 Å². The van der Waals surface area contributed by atoms with Gasteiger partial charge in [0.05, 0.1) is 22.8 Å². The molecule has 3 aromatic carbocycles. The number of carboxylic acid groups (broad SMARTS) is 1. The van der Waals surface area contributed by atoms with Crippen molar-refractivity contribution in [2.75, 3.05) is 6.54 Å². The molecule has 0 radical (unpaired) electrons. The zero-order valence-corrected chi connectivity index (χ0v) is 27.6. The molecule has 0 unspecified atom stereocenters. The number of rotatable bonds is 4. The molecule has 3 aliphatic heterocycles. The van der Waals surface area contributed by atoms with Crippen molar-refractivity contribution in [3.05, 3.63) is 92.4 Å². The van der Waals surface area contributed by atoms with Gasteiger partial charge in [-0.15, -0.1) is 0 Å². The van der Waals surface area contributed by atoms with Crippen molar-refractivity contribution in [3.8, 4) is 39.9 Å². The number of carbonyl (C=O) groups excluding carboxylic acids is 1. The summed E-state index contributed by atoms with van der Waals surface area (Å²) in [5.41, 5.74) is -3.37. The van der Waals surface area contributed by atoms with E-state index in [1.54, 1.807) is 37.8 Å². The number of carbonyl (C=O) groups is 2. The summed E-state index contributed by atoms with van der Waals surface area (Å²) < 4.78 is 57.3. The van der Waals surface area contributed by atoms with Crippen molar-refractivity contribution >= 4 is 23.7 Å². The van der Waals surface area contributed by atoms with Gasteiger partial charge in [-0.3, -0.25) is 4.79 Å². The molecule has 254 valence electrons. The highest BCUT2D eigenvalue weighted by molar-refractivity contribution is 6.34. The van der Waals surface area contributed by atoms with E-state index in [1.807, 2.05) is 18.2 Å². The lowest BCUT2D eigenvalue weighted by molar-refractivity contribution is -0.0216. The average molecular weight is 694 g/mol. The predicted molar refractivity (Wildman–Crippen MR) is 172 cm³/mol. The van der Waals surface area contributed by atoms with E-state index in [2.05, 4.69) is 5.10 Å². The zero-order valence-electron chi connectivity index (χ0n) is 26.8. The van der Waals surface area contributed by atoms with Crippen LogP contribution in [0.25, 0.3) is 11.1 Å². The summed E-state index contributed by atoms with van der Waals surface area (Å²) in [6.07, 6.45) is 1.68. The summed E-state index contributed by atoms with van der Waals surface area (Å²) >= 11 is 6.61.